The molecular weight excluding hydrogens is 350 g/mol. The van der Waals surface area contributed by atoms with Crippen LogP contribution in [0.2, 0.25) is 0 Å². The number of ketones is 1. The van der Waals surface area contributed by atoms with Crippen LogP contribution in [0.5, 0.6) is 0 Å². The molecule has 3 aromatic carbocycles. The van der Waals surface area contributed by atoms with E-state index in [2.05, 4.69) is 22.0 Å². The van der Waals surface area contributed by atoms with E-state index in [1.165, 1.54) is 0 Å². The molecule has 0 aliphatic carbocycles. The van der Waals surface area contributed by atoms with Crippen LogP contribution in [0, 0.1) is 11.3 Å². The molecule has 0 saturated carbocycles. The molecule has 2 nitrogen and oxygen atoms in total. The summed E-state index contributed by atoms with van der Waals surface area (Å²) in [6.07, 6.45) is 3.36. The first kappa shape index (κ1) is 15.2. The van der Waals surface area contributed by atoms with E-state index in [0.29, 0.717) is 11.1 Å². The van der Waals surface area contributed by atoms with E-state index in [1.54, 1.807) is 30.3 Å². The lowest BCUT2D eigenvalue weighted by molar-refractivity contribution is 0.104. The van der Waals surface area contributed by atoms with Gasteiger partial charge in [0.05, 0.1) is 11.6 Å². The van der Waals surface area contributed by atoms with Crippen LogP contribution in [-0.2, 0) is 0 Å². The number of nitrogens with zero attached hydrogens (tertiary/aromatic N) is 1. The average Bonchev–Trinajstić information content (AvgIpc) is 2.59. The third-order valence-electron chi connectivity index (χ3n) is 3.55. The Kier molecular flexibility index (Phi) is 4.36. The zero-order valence-corrected chi connectivity index (χ0v) is 13.7. The topological polar surface area (TPSA) is 40.9 Å². The largest absolute Gasteiger partial charge is 0.289 e. The van der Waals surface area contributed by atoms with Gasteiger partial charge in [0.25, 0.3) is 0 Å². The summed E-state index contributed by atoms with van der Waals surface area (Å²) < 4.78 is 1.05. The Hall–Kier alpha value is -2.70. The van der Waals surface area contributed by atoms with E-state index in [9.17, 15) is 4.79 Å². The van der Waals surface area contributed by atoms with Crippen LogP contribution in [0.4, 0.5) is 0 Å². The van der Waals surface area contributed by atoms with E-state index >= 15 is 0 Å². The first-order valence-electron chi connectivity index (χ1n) is 7.07. The fraction of sp³-hybridized carbons (Fsp3) is 0. The molecule has 0 heterocycles. The maximum Gasteiger partial charge on any atom is 0.185 e. The van der Waals surface area contributed by atoms with Gasteiger partial charge in [0.2, 0.25) is 0 Å². The van der Waals surface area contributed by atoms with Crippen LogP contribution in [-0.4, -0.2) is 5.78 Å². The number of hydrogen-bond acceptors (Lipinski definition) is 2. The summed E-state index contributed by atoms with van der Waals surface area (Å²) in [6, 6.07) is 20.8. The van der Waals surface area contributed by atoms with Crippen molar-refractivity contribution in [3.8, 4) is 6.07 Å². The predicted octanol–water partition coefficient (Wildman–Crippen LogP) is 5.37. The van der Waals surface area contributed by atoms with Crippen LogP contribution in [0.1, 0.15) is 21.5 Å². The first-order chi connectivity index (χ1) is 11.2. The lowest BCUT2D eigenvalue weighted by Gasteiger charge is -2.01. The Morgan fingerprint density at radius 2 is 1.65 bits per heavy atom. The Labute approximate surface area is 142 Å². The van der Waals surface area contributed by atoms with Crippen molar-refractivity contribution >= 4 is 38.6 Å². The molecule has 0 saturated heterocycles. The number of benzene rings is 3. The molecule has 0 aliphatic rings. The molecule has 0 atom stereocenters. The van der Waals surface area contributed by atoms with Crippen molar-refractivity contribution in [1.29, 1.82) is 5.26 Å². The number of halogens is 1. The van der Waals surface area contributed by atoms with Crippen molar-refractivity contribution in [3.05, 3.63) is 87.9 Å². The minimum absolute atomic E-state index is 0.0783. The summed E-state index contributed by atoms with van der Waals surface area (Å²) in [6.45, 7) is 0. The van der Waals surface area contributed by atoms with Gasteiger partial charge in [-0.05, 0) is 64.9 Å². The van der Waals surface area contributed by atoms with Crippen LogP contribution in [0.15, 0.2) is 71.2 Å². The molecule has 0 amide bonds. The van der Waals surface area contributed by atoms with Gasteiger partial charge in [0, 0.05) is 10.0 Å². The van der Waals surface area contributed by atoms with Gasteiger partial charge in [-0.15, -0.1) is 0 Å². The van der Waals surface area contributed by atoms with Gasteiger partial charge in [-0.1, -0.05) is 40.2 Å². The highest BCUT2D eigenvalue weighted by atomic mass is 79.9. The lowest BCUT2D eigenvalue weighted by atomic mass is 10.0. The summed E-state index contributed by atoms with van der Waals surface area (Å²) >= 11 is 3.46. The quantitative estimate of drug-likeness (QED) is 0.464. The van der Waals surface area contributed by atoms with E-state index in [-0.39, 0.29) is 5.78 Å². The van der Waals surface area contributed by atoms with Gasteiger partial charge in [0.15, 0.2) is 5.78 Å². The van der Waals surface area contributed by atoms with Crippen molar-refractivity contribution in [2.45, 2.75) is 0 Å². The summed E-state index contributed by atoms with van der Waals surface area (Å²) in [4.78, 5) is 12.1. The Balaban J connectivity index is 1.82. The number of fused-ring (bicyclic) bond motifs is 1. The lowest BCUT2D eigenvalue weighted by Crippen LogP contribution is -1.93. The molecule has 0 fully saturated rings. The van der Waals surface area contributed by atoms with Crippen LogP contribution in [0.25, 0.3) is 16.8 Å². The van der Waals surface area contributed by atoms with Crippen LogP contribution >= 0.6 is 15.9 Å². The first-order valence-corrected chi connectivity index (χ1v) is 7.87. The molecule has 23 heavy (non-hydrogen) atoms. The Bertz CT molecular complexity index is 950. The van der Waals surface area contributed by atoms with Crippen molar-refractivity contribution in [2.24, 2.45) is 0 Å². The van der Waals surface area contributed by atoms with Gasteiger partial charge in [0.1, 0.15) is 0 Å². The maximum absolute atomic E-state index is 12.1. The molecule has 110 valence electrons. The number of hydrogen-bond donors (Lipinski definition) is 0. The zero-order chi connectivity index (χ0) is 16.2. The fourth-order valence-corrected chi connectivity index (χ4v) is 2.69. The molecule has 0 aromatic heterocycles. The third-order valence-corrected chi connectivity index (χ3v) is 4.05. The molecule has 0 aliphatic heterocycles. The number of nitriles is 1. The van der Waals surface area contributed by atoms with E-state index < -0.39 is 0 Å². The number of rotatable bonds is 3. The second-order valence-corrected chi connectivity index (χ2v) is 6.05. The molecule has 0 N–H and O–H groups in total. The van der Waals surface area contributed by atoms with Crippen LogP contribution in [0.3, 0.4) is 0 Å². The normalized spacial score (nSPS) is 10.8. The van der Waals surface area contributed by atoms with E-state index in [1.807, 2.05) is 42.5 Å². The standard InChI is InChI=1S/C20H12BrNO/c21-19-9-8-17-11-14(1-7-18(17)12-19)4-10-20(23)16-5-2-15(13-22)3-6-16/h1-12H. The number of allylic oxidation sites excluding steroid dienone is 1. The van der Waals surface area contributed by atoms with Gasteiger partial charge < -0.3 is 0 Å². The Morgan fingerprint density at radius 1 is 0.957 bits per heavy atom. The molecule has 3 aromatic rings. The minimum Gasteiger partial charge on any atom is -0.289 e. The number of carbonyl (C=O) groups excluding carboxylic acids is 1. The van der Waals surface area contributed by atoms with E-state index in [0.717, 1.165) is 20.8 Å². The zero-order valence-electron chi connectivity index (χ0n) is 12.2. The molecule has 0 unspecified atom stereocenters. The third kappa shape index (κ3) is 3.56. The summed E-state index contributed by atoms with van der Waals surface area (Å²) in [5.41, 5.74) is 2.10. The molecule has 3 rings (SSSR count). The molecular formula is C20H12BrNO. The monoisotopic (exact) mass is 361 g/mol. The minimum atomic E-state index is -0.0783. The highest BCUT2D eigenvalue weighted by molar-refractivity contribution is 9.10. The van der Waals surface area contributed by atoms with Gasteiger partial charge >= 0.3 is 0 Å². The molecule has 0 spiro atoms. The molecule has 0 bridgehead atoms. The second kappa shape index (κ2) is 6.60. The molecule has 0 radical (unpaired) electrons. The summed E-state index contributed by atoms with van der Waals surface area (Å²) in [5.74, 6) is -0.0783. The van der Waals surface area contributed by atoms with Crippen molar-refractivity contribution in [1.82, 2.24) is 0 Å². The average molecular weight is 362 g/mol. The molecule has 3 heteroatoms. The number of carbonyl (C=O) groups is 1. The highest BCUT2D eigenvalue weighted by Crippen LogP contribution is 2.21. The maximum atomic E-state index is 12.1. The predicted molar refractivity (Wildman–Crippen MR) is 96.2 cm³/mol. The fourth-order valence-electron chi connectivity index (χ4n) is 2.32. The van der Waals surface area contributed by atoms with Crippen molar-refractivity contribution in [2.75, 3.05) is 0 Å². The van der Waals surface area contributed by atoms with Crippen molar-refractivity contribution < 1.29 is 4.79 Å². The summed E-state index contributed by atoms with van der Waals surface area (Å²) in [5, 5.41) is 11.0. The van der Waals surface area contributed by atoms with Gasteiger partial charge in [-0.25, -0.2) is 0 Å². The SMILES string of the molecule is N#Cc1ccc(C(=O)C=Cc2ccc3cc(Br)ccc3c2)cc1. The Morgan fingerprint density at radius 3 is 2.39 bits per heavy atom. The summed E-state index contributed by atoms with van der Waals surface area (Å²) in [7, 11) is 0. The van der Waals surface area contributed by atoms with Crippen LogP contribution < -0.4 is 0 Å². The van der Waals surface area contributed by atoms with Gasteiger partial charge in [-0.2, -0.15) is 5.26 Å². The smallest absolute Gasteiger partial charge is 0.185 e. The van der Waals surface area contributed by atoms with Crippen molar-refractivity contribution in [3.63, 3.8) is 0 Å². The second-order valence-electron chi connectivity index (χ2n) is 5.14. The van der Waals surface area contributed by atoms with E-state index in [4.69, 9.17) is 5.26 Å². The highest BCUT2D eigenvalue weighted by Gasteiger charge is 2.02. The van der Waals surface area contributed by atoms with Gasteiger partial charge in [-0.3, -0.25) is 4.79 Å².